The Kier molecular flexibility index (Phi) is 24.7. The lowest BCUT2D eigenvalue weighted by molar-refractivity contribution is -0.146. The topological polar surface area (TPSA) is 52.6 Å². The van der Waals surface area contributed by atoms with Gasteiger partial charge in [-0.1, -0.05) is 117 Å². The van der Waals surface area contributed by atoms with Gasteiger partial charge in [0.15, 0.2) is 0 Å². The van der Waals surface area contributed by atoms with E-state index in [1.807, 2.05) is 0 Å². The molecule has 0 radical (unpaired) electrons. The van der Waals surface area contributed by atoms with Gasteiger partial charge in [0.2, 0.25) is 0 Å². The maximum absolute atomic E-state index is 11.8. The summed E-state index contributed by atoms with van der Waals surface area (Å²) in [5.41, 5.74) is 0. The molecule has 4 nitrogen and oxygen atoms in total. The fourth-order valence-electron chi connectivity index (χ4n) is 3.92. The van der Waals surface area contributed by atoms with Crippen LogP contribution in [0.15, 0.2) is 0 Å². The first-order chi connectivity index (χ1) is 16.1. The Morgan fingerprint density at radius 3 is 1.36 bits per heavy atom. The number of hydrogen-bond acceptors (Lipinski definition) is 4. The monoisotopic (exact) mass is 468 g/mol. The highest BCUT2D eigenvalue weighted by atomic mass is 16.5. The highest BCUT2D eigenvalue weighted by Crippen LogP contribution is 2.13. The zero-order valence-corrected chi connectivity index (χ0v) is 22.5. The summed E-state index contributed by atoms with van der Waals surface area (Å²) in [5.74, 6) is 0.312. The maximum Gasteiger partial charge on any atom is 0.305 e. The van der Waals surface area contributed by atoms with Crippen molar-refractivity contribution in [1.29, 1.82) is 0 Å². The molecule has 33 heavy (non-hydrogen) atoms. The Bertz CT molecular complexity index is 435. The quantitative estimate of drug-likeness (QED) is 0.0991. The molecule has 0 aliphatic carbocycles. The Morgan fingerprint density at radius 2 is 0.939 bits per heavy atom. The van der Waals surface area contributed by atoms with Crippen molar-refractivity contribution in [3.8, 4) is 0 Å². The van der Waals surface area contributed by atoms with Gasteiger partial charge in [-0.3, -0.25) is 9.59 Å². The van der Waals surface area contributed by atoms with E-state index < -0.39 is 0 Å². The molecule has 0 aromatic rings. The third kappa shape index (κ3) is 25.4. The lowest BCUT2D eigenvalue weighted by Crippen LogP contribution is -2.09. The average Bonchev–Trinajstić information content (AvgIpc) is 2.81. The van der Waals surface area contributed by atoms with Crippen LogP contribution in [0.25, 0.3) is 0 Å². The first kappa shape index (κ1) is 31.9. The van der Waals surface area contributed by atoms with E-state index in [4.69, 9.17) is 9.47 Å². The average molecular weight is 469 g/mol. The number of esters is 2. The van der Waals surface area contributed by atoms with E-state index in [2.05, 4.69) is 20.8 Å². The van der Waals surface area contributed by atoms with Crippen LogP contribution >= 0.6 is 0 Å². The molecular formula is C29H56O4. The predicted molar refractivity (Wildman–Crippen MR) is 139 cm³/mol. The molecule has 196 valence electrons. The number of unbranched alkanes of at least 4 members (excludes halogenated alkanes) is 15. The van der Waals surface area contributed by atoms with Crippen LogP contribution in [0.3, 0.4) is 0 Å². The van der Waals surface area contributed by atoms with Gasteiger partial charge in [0, 0.05) is 12.8 Å². The summed E-state index contributed by atoms with van der Waals surface area (Å²) in [7, 11) is 0. The molecule has 0 rings (SSSR count). The molecule has 0 aliphatic heterocycles. The van der Waals surface area contributed by atoms with Gasteiger partial charge in [-0.25, -0.2) is 0 Å². The summed E-state index contributed by atoms with van der Waals surface area (Å²) in [6.45, 7) is 7.63. The fourth-order valence-corrected chi connectivity index (χ4v) is 3.92. The first-order valence-electron chi connectivity index (χ1n) is 14.4. The summed E-state index contributed by atoms with van der Waals surface area (Å²) in [5, 5.41) is 0. The lowest BCUT2D eigenvalue weighted by Gasteiger charge is -2.09. The van der Waals surface area contributed by atoms with Crippen molar-refractivity contribution in [2.24, 2.45) is 5.92 Å². The van der Waals surface area contributed by atoms with Crippen molar-refractivity contribution in [2.45, 2.75) is 156 Å². The van der Waals surface area contributed by atoms with Gasteiger partial charge in [-0.05, 0) is 31.6 Å². The van der Waals surface area contributed by atoms with Crippen LogP contribution in [0, 0.1) is 5.92 Å². The van der Waals surface area contributed by atoms with E-state index in [0.717, 1.165) is 25.7 Å². The summed E-state index contributed by atoms with van der Waals surface area (Å²) in [4.78, 5) is 23.4. The summed E-state index contributed by atoms with van der Waals surface area (Å²) in [6, 6.07) is 0. The van der Waals surface area contributed by atoms with E-state index in [1.165, 1.54) is 83.5 Å². The van der Waals surface area contributed by atoms with Crippen LogP contribution in [0.5, 0.6) is 0 Å². The van der Waals surface area contributed by atoms with Crippen molar-refractivity contribution in [2.75, 3.05) is 13.2 Å². The second-order valence-electron chi connectivity index (χ2n) is 9.90. The summed E-state index contributed by atoms with van der Waals surface area (Å²) < 4.78 is 10.5. The van der Waals surface area contributed by atoms with Crippen LogP contribution in [-0.2, 0) is 19.1 Å². The molecule has 0 amide bonds. The van der Waals surface area contributed by atoms with Gasteiger partial charge in [0.05, 0.1) is 13.2 Å². The van der Waals surface area contributed by atoms with Crippen LogP contribution in [-0.4, -0.2) is 25.2 Å². The molecule has 0 aromatic carbocycles. The zero-order chi connectivity index (χ0) is 24.4. The van der Waals surface area contributed by atoms with Crippen LogP contribution in [0.1, 0.15) is 156 Å². The molecule has 0 heterocycles. The van der Waals surface area contributed by atoms with E-state index in [1.54, 1.807) is 0 Å². The maximum atomic E-state index is 11.8. The molecule has 4 heteroatoms. The molecule has 0 saturated carbocycles. The van der Waals surface area contributed by atoms with Crippen LogP contribution < -0.4 is 0 Å². The SMILES string of the molecule is CCCCCCCCCCCCCCCCCOC(=O)CCCCC(=O)OCCC(C)CC. The molecule has 1 atom stereocenters. The number of ether oxygens (including phenoxy) is 2. The molecule has 0 aromatic heterocycles. The Morgan fingerprint density at radius 1 is 0.545 bits per heavy atom. The van der Waals surface area contributed by atoms with E-state index >= 15 is 0 Å². The molecular weight excluding hydrogens is 412 g/mol. The minimum Gasteiger partial charge on any atom is -0.466 e. The normalized spacial score (nSPS) is 12.0. The first-order valence-corrected chi connectivity index (χ1v) is 14.4. The van der Waals surface area contributed by atoms with Gasteiger partial charge >= 0.3 is 11.9 Å². The van der Waals surface area contributed by atoms with E-state index in [0.29, 0.717) is 44.8 Å². The lowest BCUT2D eigenvalue weighted by atomic mass is 10.0. The standard InChI is InChI=1S/C29H56O4/c1-4-6-7-8-9-10-11-12-13-14-15-16-17-18-21-25-32-28(30)22-19-20-23-29(31)33-26-24-27(3)5-2/h27H,4-26H2,1-3H3. The molecule has 1 unspecified atom stereocenters. The predicted octanol–water partition coefficient (Wildman–Crippen LogP) is 8.94. The molecule has 0 bridgehead atoms. The van der Waals surface area contributed by atoms with Crippen molar-refractivity contribution in [3.05, 3.63) is 0 Å². The molecule has 0 spiro atoms. The smallest absolute Gasteiger partial charge is 0.305 e. The van der Waals surface area contributed by atoms with Crippen molar-refractivity contribution >= 4 is 11.9 Å². The van der Waals surface area contributed by atoms with Gasteiger partial charge in [-0.15, -0.1) is 0 Å². The van der Waals surface area contributed by atoms with Crippen molar-refractivity contribution in [3.63, 3.8) is 0 Å². The van der Waals surface area contributed by atoms with Gasteiger partial charge in [0.25, 0.3) is 0 Å². The van der Waals surface area contributed by atoms with Gasteiger partial charge in [0.1, 0.15) is 0 Å². The molecule has 0 fully saturated rings. The molecule has 0 saturated heterocycles. The second kappa shape index (κ2) is 25.6. The number of hydrogen-bond donors (Lipinski definition) is 0. The van der Waals surface area contributed by atoms with Gasteiger partial charge < -0.3 is 9.47 Å². The molecule has 0 aliphatic rings. The largest absolute Gasteiger partial charge is 0.466 e. The minimum atomic E-state index is -0.149. The third-order valence-electron chi connectivity index (χ3n) is 6.59. The third-order valence-corrected chi connectivity index (χ3v) is 6.59. The van der Waals surface area contributed by atoms with Crippen molar-refractivity contribution in [1.82, 2.24) is 0 Å². The molecule has 0 N–H and O–H groups in total. The van der Waals surface area contributed by atoms with Crippen molar-refractivity contribution < 1.29 is 19.1 Å². The van der Waals surface area contributed by atoms with E-state index in [9.17, 15) is 9.59 Å². The van der Waals surface area contributed by atoms with Crippen LogP contribution in [0.4, 0.5) is 0 Å². The summed E-state index contributed by atoms with van der Waals surface area (Å²) >= 11 is 0. The van der Waals surface area contributed by atoms with E-state index in [-0.39, 0.29) is 11.9 Å². The van der Waals surface area contributed by atoms with Gasteiger partial charge in [-0.2, -0.15) is 0 Å². The Labute approximate surface area is 206 Å². The number of rotatable bonds is 25. The highest BCUT2D eigenvalue weighted by Gasteiger charge is 2.07. The number of carbonyl (C=O) groups excluding carboxylic acids is 2. The highest BCUT2D eigenvalue weighted by molar-refractivity contribution is 5.70. The van der Waals surface area contributed by atoms with Crippen LogP contribution in [0.2, 0.25) is 0 Å². The summed E-state index contributed by atoms with van der Waals surface area (Å²) in [6.07, 6.45) is 24.2. The minimum absolute atomic E-state index is 0.134. The fraction of sp³-hybridized carbons (Fsp3) is 0.931. The second-order valence-corrected chi connectivity index (χ2v) is 9.90. The Balaban J connectivity index is 3.26. The zero-order valence-electron chi connectivity index (χ0n) is 22.5. The Hall–Kier alpha value is -1.06. The number of carbonyl (C=O) groups is 2.